The first kappa shape index (κ1) is 21.7. The molecule has 0 aliphatic carbocycles. The number of carboxylic acids is 1. The van der Waals surface area contributed by atoms with Crippen LogP contribution in [-0.4, -0.2) is 19.5 Å². The summed E-state index contributed by atoms with van der Waals surface area (Å²) >= 11 is 6.02. The van der Waals surface area contributed by atoms with Gasteiger partial charge in [0.1, 0.15) is 11.6 Å². The van der Waals surface area contributed by atoms with Crippen LogP contribution in [-0.2, 0) is 26.8 Å². The van der Waals surface area contributed by atoms with Crippen molar-refractivity contribution in [2.75, 3.05) is 0 Å². The zero-order chi connectivity index (χ0) is 21.9. The van der Waals surface area contributed by atoms with Gasteiger partial charge in [0.15, 0.2) is 21.4 Å². The van der Waals surface area contributed by atoms with Gasteiger partial charge in [0.05, 0.1) is 22.1 Å². The minimum absolute atomic E-state index is 0.0382. The first-order chi connectivity index (χ1) is 14.1. The molecule has 0 saturated heterocycles. The van der Waals surface area contributed by atoms with E-state index in [1.54, 1.807) is 0 Å². The SMILES string of the molecule is O=C(O)Cc1ccc(Cl)c(Oc2ccc(S(=O)(=O)Cc3ccc(F)cc3)cc2F)c1. The molecule has 3 rings (SSSR count). The van der Waals surface area contributed by atoms with E-state index in [1.165, 1.54) is 36.4 Å². The van der Waals surface area contributed by atoms with Crippen molar-refractivity contribution in [3.63, 3.8) is 0 Å². The largest absolute Gasteiger partial charge is 0.481 e. The number of rotatable bonds is 7. The molecule has 0 aliphatic heterocycles. The van der Waals surface area contributed by atoms with Crippen molar-refractivity contribution >= 4 is 27.4 Å². The summed E-state index contributed by atoms with van der Waals surface area (Å²) in [4.78, 5) is 10.6. The number of carboxylic acid groups (broad SMARTS) is 1. The molecule has 0 saturated carbocycles. The van der Waals surface area contributed by atoms with Crippen LogP contribution < -0.4 is 4.74 Å². The molecule has 0 bridgehead atoms. The van der Waals surface area contributed by atoms with Crippen molar-refractivity contribution in [1.29, 1.82) is 0 Å². The fraction of sp³-hybridized carbons (Fsp3) is 0.0952. The quantitative estimate of drug-likeness (QED) is 0.545. The zero-order valence-electron chi connectivity index (χ0n) is 15.3. The Morgan fingerprint density at radius 3 is 2.23 bits per heavy atom. The van der Waals surface area contributed by atoms with Crippen molar-refractivity contribution < 1.29 is 31.8 Å². The van der Waals surface area contributed by atoms with Crippen LogP contribution in [0, 0.1) is 11.6 Å². The maximum Gasteiger partial charge on any atom is 0.307 e. The van der Waals surface area contributed by atoms with Gasteiger partial charge in [-0.15, -0.1) is 0 Å². The van der Waals surface area contributed by atoms with Gasteiger partial charge in [-0.05, 0) is 53.6 Å². The number of sulfone groups is 1. The summed E-state index contributed by atoms with van der Waals surface area (Å²) in [5.74, 6) is -3.13. The van der Waals surface area contributed by atoms with Crippen molar-refractivity contribution in [2.24, 2.45) is 0 Å². The summed E-state index contributed by atoms with van der Waals surface area (Å²) < 4.78 is 58.0. The molecule has 3 aromatic rings. The average molecular weight is 453 g/mol. The fourth-order valence-electron chi connectivity index (χ4n) is 2.67. The molecule has 0 fully saturated rings. The number of ether oxygens (including phenoxy) is 1. The summed E-state index contributed by atoms with van der Waals surface area (Å²) in [6, 6.07) is 12.4. The van der Waals surface area contributed by atoms with Crippen LogP contribution in [0.3, 0.4) is 0 Å². The van der Waals surface area contributed by atoms with Gasteiger partial charge in [-0.3, -0.25) is 4.79 Å². The Kier molecular flexibility index (Phi) is 6.38. The van der Waals surface area contributed by atoms with E-state index >= 15 is 0 Å². The van der Waals surface area contributed by atoms with Crippen molar-refractivity contribution in [3.05, 3.63) is 88.4 Å². The van der Waals surface area contributed by atoms with Crippen LogP contribution in [0.4, 0.5) is 8.78 Å². The number of hydrogen-bond acceptors (Lipinski definition) is 4. The van der Waals surface area contributed by atoms with Crippen molar-refractivity contribution in [1.82, 2.24) is 0 Å². The van der Waals surface area contributed by atoms with Gasteiger partial charge < -0.3 is 9.84 Å². The van der Waals surface area contributed by atoms with Gasteiger partial charge in [-0.2, -0.15) is 0 Å². The van der Waals surface area contributed by atoms with E-state index in [1.807, 2.05) is 0 Å². The second-order valence-electron chi connectivity index (χ2n) is 6.42. The smallest absolute Gasteiger partial charge is 0.307 e. The van der Waals surface area contributed by atoms with Gasteiger partial charge >= 0.3 is 5.97 Å². The topological polar surface area (TPSA) is 80.7 Å². The van der Waals surface area contributed by atoms with Crippen LogP contribution in [0.15, 0.2) is 65.6 Å². The molecule has 0 heterocycles. The molecule has 0 amide bonds. The number of hydrogen-bond donors (Lipinski definition) is 1. The van der Waals surface area contributed by atoms with E-state index in [0.29, 0.717) is 11.1 Å². The Bertz CT molecular complexity index is 1190. The highest BCUT2D eigenvalue weighted by Gasteiger charge is 2.19. The minimum atomic E-state index is -3.88. The van der Waals surface area contributed by atoms with Gasteiger partial charge in [-0.1, -0.05) is 29.8 Å². The Balaban J connectivity index is 1.83. The summed E-state index contributed by atoms with van der Waals surface area (Å²) in [5.41, 5.74) is 0.764. The van der Waals surface area contributed by atoms with E-state index in [-0.39, 0.29) is 27.8 Å². The lowest BCUT2D eigenvalue weighted by atomic mass is 10.1. The monoisotopic (exact) mass is 452 g/mol. The highest BCUT2D eigenvalue weighted by atomic mass is 35.5. The number of benzene rings is 3. The van der Waals surface area contributed by atoms with Crippen molar-refractivity contribution in [3.8, 4) is 11.5 Å². The third kappa shape index (κ3) is 5.34. The highest BCUT2D eigenvalue weighted by molar-refractivity contribution is 7.90. The normalized spacial score (nSPS) is 11.3. The molecule has 0 atom stereocenters. The Labute approximate surface area is 176 Å². The lowest BCUT2D eigenvalue weighted by molar-refractivity contribution is -0.136. The maximum atomic E-state index is 14.5. The summed E-state index contributed by atoms with van der Waals surface area (Å²) in [7, 11) is -3.88. The lowest BCUT2D eigenvalue weighted by Crippen LogP contribution is -2.06. The second kappa shape index (κ2) is 8.81. The first-order valence-electron chi connectivity index (χ1n) is 8.59. The van der Waals surface area contributed by atoms with E-state index < -0.39 is 33.2 Å². The van der Waals surface area contributed by atoms with Crippen LogP contribution in [0.1, 0.15) is 11.1 Å². The molecule has 9 heteroatoms. The molecule has 3 aromatic carbocycles. The third-order valence-electron chi connectivity index (χ3n) is 4.10. The van der Waals surface area contributed by atoms with Gasteiger partial charge in [-0.25, -0.2) is 17.2 Å². The zero-order valence-corrected chi connectivity index (χ0v) is 16.9. The van der Waals surface area contributed by atoms with Crippen LogP contribution in [0.5, 0.6) is 11.5 Å². The Morgan fingerprint density at radius 2 is 1.60 bits per heavy atom. The van der Waals surface area contributed by atoms with Crippen molar-refractivity contribution in [2.45, 2.75) is 17.1 Å². The molecule has 1 N–H and O–H groups in total. The van der Waals surface area contributed by atoms with Crippen LogP contribution in [0.2, 0.25) is 5.02 Å². The molecule has 0 radical (unpaired) electrons. The lowest BCUT2D eigenvalue weighted by Gasteiger charge is -2.11. The molecule has 0 unspecified atom stereocenters. The van der Waals surface area contributed by atoms with Crippen LogP contribution >= 0.6 is 11.6 Å². The van der Waals surface area contributed by atoms with E-state index in [4.69, 9.17) is 21.4 Å². The summed E-state index contributed by atoms with van der Waals surface area (Å²) in [6.45, 7) is 0. The first-order valence-corrected chi connectivity index (χ1v) is 10.6. The van der Waals surface area contributed by atoms with E-state index in [9.17, 15) is 22.0 Å². The standard InChI is InChI=1S/C21H15ClF2O5S/c22-17-7-3-14(10-21(25)26)9-20(17)29-19-8-6-16(11-18(19)24)30(27,28)12-13-1-4-15(23)5-2-13/h1-9,11H,10,12H2,(H,25,26). The van der Waals surface area contributed by atoms with E-state index in [2.05, 4.69) is 0 Å². The third-order valence-corrected chi connectivity index (χ3v) is 6.10. The predicted octanol–water partition coefficient (Wildman–Crippen LogP) is 5.01. The molecule has 5 nitrogen and oxygen atoms in total. The van der Waals surface area contributed by atoms with Gasteiger partial charge in [0.2, 0.25) is 0 Å². The number of aliphatic carboxylic acids is 1. The molecular weight excluding hydrogens is 438 g/mol. The summed E-state index contributed by atoms with van der Waals surface area (Å²) in [5, 5.41) is 9.01. The average Bonchev–Trinajstić information content (AvgIpc) is 2.67. The molecule has 0 aliphatic rings. The second-order valence-corrected chi connectivity index (χ2v) is 8.81. The minimum Gasteiger partial charge on any atom is -0.481 e. The maximum absolute atomic E-state index is 14.5. The predicted molar refractivity (Wildman–Crippen MR) is 107 cm³/mol. The fourth-order valence-corrected chi connectivity index (χ4v) is 4.18. The molecule has 156 valence electrons. The molecular formula is C21H15ClF2O5S. The molecule has 0 aromatic heterocycles. The summed E-state index contributed by atoms with van der Waals surface area (Å²) in [6.07, 6.45) is -0.267. The Morgan fingerprint density at radius 1 is 0.933 bits per heavy atom. The van der Waals surface area contributed by atoms with Crippen LogP contribution in [0.25, 0.3) is 0 Å². The highest BCUT2D eigenvalue weighted by Crippen LogP contribution is 2.33. The Hall–Kier alpha value is -2.97. The molecule has 0 spiro atoms. The number of carbonyl (C=O) groups is 1. The molecule has 30 heavy (non-hydrogen) atoms. The van der Waals surface area contributed by atoms with Gasteiger partial charge in [0.25, 0.3) is 0 Å². The van der Waals surface area contributed by atoms with E-state index in [0.717, 1.165) is 24.3 Å². The number of halogens is 3. The van der Waals surface area contributed by atoms with Gasteiger partial charge in [0, 0.05) is 0 Å².